The van der Waals surface area contributed by atoms with Crippen molar-refractivity contribution in [1.82, 2.24) is 4.57 Å². The Balaban J connectivity index is 2.03. The minimum absolute atomic E-state index is 0.678. The number of rotatable bonds is 3. The quantitative estimate of drug-likeness (QED) is 0.684. The fourth-order valence-electron chi connectivity index (χ4n) is 2.61. The summed E-state index contributed by atoms with van der Waals surface area (Å²) in [6.07, 6.45) is 2.88. The van der Waals surface area contributed by atoms with Crippen LogP contribution >= 0.6 is 0 Å². The summed E-state index contributed by atoms with van der Waals surface area (Å²) in [5.41, 5.74) is 4.70. The number of carbonyl (C=O) groups is 1. The molecule has 1 heterocycles. The lowest BCUT2D eigenvalue weighted by atomic mass is 10.1. The van der Waals surface area contributed by atoms with E-state index in [1.807, 2.05) is 55.6 Å². The highest BCUT2D eigenvalue weighted by Gasteiger charge is 2.07. The molecule has 0 atom stereocenters. The molecule has 3 rings (SSSR count). The molecule has 3 heteroatoms. The van der Waals surface area contributed by atoms with Gasteiger partial charge in [0, 0.05) is 29.2 Å². The topological polar surface area (TPSA) is 45.8 Å². The van der Waals surface area contributed by atoms with E-state index >= 15 is 0 Å². The van der Waals surface area contributed by atoms with Crippen LogP contribution in [0.2, 0.25) is 0 Å². The molecule has 3 nitrogen and oxygen atoms in total. The summed E-state index contributed by atoms with van der Waals surface area (Å²) in [5, 5.41) is 9.89. The molecule has 102 valence electrons. The zero-order chi connectivity index (χ0) is 14.8. The summed E-state index contributed by atoms with van der Waals surface area (Å²) in [6.45, 7) is 2.74. The van der Waals surface area contributed by atoms with Crippen LogP contribution in [0.5, 0.6) is 0 Å². The minimum atomic E-state index is 0.678. The second kappa shape index (κ2) is 5.26. The first-order valence-corrected chi connectivity index (χ1v) is 6.75. The van der Waals surface area contributed by atoms with Gasteiger partial charge in [-0.3, -0.25) is 4.79 Å². The summed E-state index contributed by atoms with van der Waals surface area (Å²) >= 11 is 0. The molecule has 1 aromatic heterocycles. The van der Waals surface area contributed by atoms with Crippen LogP contribution in [0.1, 0.15) is 27.0 Å². The number of carbonyl (C=O) groups excluding carboxylic acids is 1. The SMILES string of the molecule is Cc1cc(C#N)ccc1Cn1ccc2c(C=O)cccc21. The monoisotopic (exact) mass is 274 g/mol. The summed E-state index contributed by atoms with van der Waals surface area (Å²) in [7, 11) is 0. The van der Waals surface area contributed by atoms with Crippen LogP contribution in [-0.2, 0) is 6.54 Å². The Morgan fingerprint density at radius 1 is 1.24 bits per heavy atom. The van der Waals surface area contributed by atoms with E-state index in [9.17, 15) is 4.79 Å². The molecule has 2 aromatic carbocycles. The average molecular weight is 274 g/mol. The maximum Gasteiger partial charge on any atom is 0.150 e. The molecule has 0 amide bonds. The summed E-state index contributed by atoms with van der Waals surface area (Å²) in [4.78, 5) is 11.1. The number of aromatic nitrogens is 1. The third kappa shape index (κ3) is 2.32. The van der Waals surface area contributed by atoms with E-state index < -0.39 is 0 Å². The van der Waals surface area contributed by atoms with Gasteiger partial charge in [-0.2, -0.15) is 5.26 Å². The number of benzene rings is 2. The Morgan fingerprint density at radius 2 is 2.10 bits per heavy atom. The van der Waals surface area contributed by atoms with Crippen LogP contribution in [0.3, 0.4) is 0 Å². The van der Waals surface area contributed by atoms with Crippen LogP contribution in [0.4, 0.5) is 0 Å². The van der Waals surface area contributed by atoms with Gasteiger partial charge in [-0.25, -0.2) is 0 Å². The number of hydrogen-bond acceptors (Lipinski definition) is 2. The number of hydrogen-bond donors (Lipinski definition) is 0. The van der Waals surface area contributed by atoms with Crippen LogP contribution in [0.25, 0.3) is 10.9 Å². The van der Waals surface area contributed by atoms with Gasteiger partial charge >= 0.3 is 0 Å². The van der Waals surface area contributed by atoms with E-state index in [1.54, 1.807) is 0 Å². The lowest BCUT2D eigenvalue weighted by molar-refractivity contribution is 0.112. The van der Waals surface area contributed by atoms with Gasteiger partial charge in [0.1, 0.15) is 0 Å². The molecule has 0 fully saturated rings. The van der Waals surface area contributed by atoms with E-state index in [0.29, 0.717) is 11.1 Å². The molecule has 3 aromatic rings. The third-order valence-electron chi connectivity index (χ3n) is 3.79. The van der Waals surface area contributed by atoms with Crippen LogP contribution in [-0.4, -0.2) is 10.9 Å². The second-order valence-corrected chi connectivity index (χ2v) is 5.09. The highest BCUT2D eigenvalue weighted by Crippen LogP contribution is 2.21. The predicted molar refractivity (Wildman–Crippen MR) is 82.3 cm³/mol. The number of nitrogens with zero attached hydrogens (tertiary/aromatic N) is 2. The molecule has 0 aliphatic heterocycles. The molecule has 21 heavy (non-hydrogen) atoms. The molecule has 0 saturated heterocycles. The molecule has 0 aliphatic carbocycles. The normalized spacial score (nSPS) is 10.5. The van der Waals surface area contributed by atoms with Crippen LogP contribution in [0.15, 0.2) is 48.7 Å². The van der Waals surface area contributed by atoms with Crippen molar-refractivity contribution in [3.05, 3.63) is 70.9 Å². The Kier molecular flexibility index (Phi) is 3.29. The molecule has 0 aliphatic rings. The Hall–Kier alpha value is -2.86. The van der Waals surface area contributed by atoms with Crippen molar-refractivity contribution in [2.45, 2.75) is 13.5 Å². The van der Waals surface area contributed by atoms with E-state index in [4.69, 9.17) is 5.26 Å². The first kappa shape index (κ1) is 13.1. The molecule has 0 bridgehead atoms. The van der Waals surface area contributed by atoms with Gasteiger partial charge in [0.2, 0.25) is 0 Å². The zero-order valence-corrected chi connectivity index (χ0v) is 11.7. The highest BCUT2D eigenvalue weighted by atomic mass is 16.1. The average Bonchev–Trinajstić information content (AvgIpc) is 2.92. The molecule has 0 unspecified atom stereocenters. The van der Waals surface area contributed by atoms with E-state index in [0.717, 1.165) is 29.3 Å². The Morgan fingerprint density at radius 3 is 2.81 bits per heavy atom. The molecule has 0 N–H and O–H groups in total. The Bertz CT molecular complexity index is 869. The van der Waals surface area contributed by atoms with Crippen molar-refractivity contribution in [3.8, 4) is 6.07 Å². The van der Waals surface area contributed by atoms with Crippen molar-refractivity contribution >= 4 is 17.2 Å². The highest BCUT2D eigenvalue weighted by molar-refractivity contribution is 5.97. The predicted octanol–water partition coefficient (Wildman–Crippen LogP) is 3.68. The standard InChI is InChI=1S/C18H14N2O/c1-13-9-14(10-19)5-6-15(13)11-20-8-7-17-16(12-21)3-2-4-18(17)20/h2-9,12H,11H2,1H3. The molecule has 0 radical (unpaired) electrons. The number of aldehydes is 1. The first-order chi connectivity index (χ1) is 10.2. The second-order valence-electron chi connectivity index (χ2n) is 5.09. The molecular formula is C18H14N2O. The first-order valence-electron chi connectivity index (χ1n) is 6.75. The maximum atomic E-state index is 11.1. The van der Waals surface area contributed by atoms with Crippen molar-refractivity contribution in [2.24, 2.45) is 0 Å². The van der Waals surface area contributed by atoms with Gasteiger partial charge in [-0.1, -0.05) is 18.2 Å². The molecular weight excluding hydrogens is 260 g/mol. The van der Waals surface area contributed by atoms with Gasteiger partial charge in [-0.05, 0) is 42.3 Å². The van der Waals surface area contributed by atoms with E-state index in [-0.39, 0.29) is 0 Å². The molecule has 0 saturated carbocycles. The van der Waals surface area contributed by atoms with Gasteiger partial charge in [0.25, 0.3) is 0 Å². The van der Waals surface area contributed by atoms with E-state index in [2.05, 4.69) is 10.6 Å². The number of aryl methyl sites for hydroxylation is 1. The van der Waals surface area contributed by atoms with Crippen molar-refractivity contribution in [1.29, 1.82) is 5.26 Å². The lowest BCUT2D eigenvalue weighted by Crippen LogP contribution is -2.00. The summed E-state index contributed by atoms with van der Waals surface area (Å²) < 4.78 is 2.12. The van der Waals surface area contributed by atoms with Gasteiger partial charge in [0.15, 0.2) is 6.29 Å². The van der Waals surface area contributed by atoms with Crippen LogP contribution < -0.4 is 0 Å². The minimum Gasteiger partial charge on any atom is -0.343 e. The fraction of sp³-hybridized carbons (Fsp3) is 0.111. The molecule has 0 spiro atoms. The van der Waals surface area contributed by atoms with Gasteiger partial charge in [-0.15, -0.1) is 0 Å². The van der Waals surface area contributed by atoms with Crippen molar-refractivity contribution in [3.63, 3.8) is 0 Å². The number of nitriles is 1. The smallest absolute Gasteiger partial charge is 0.150 e. The lowest BCUT2D eigenvalue weighted by Gasteiger charge is -2.09. The largest absolute Gasteiger partial charge is 0.343 e. The van der Waals surface area contributed by atoms with Crippen molar-refractivity contribution < 1.29 is 4.79 Å². The third-order valence-corrected chi connectivity index (χ3v) is 3.79. The van der Waals surface area contributed by atoms with Gasteiger partial charge < -0.3 is 4.57 Å². The maximum absolute atomic E-state index is 11.1. The fourth-order valence-corrected chi connectivity index (χ4v) is 2.61. The van der Waals surface area contributed by atoms with Gasteiger partial charge in [0.05, 0.1) is 11.6 Å². The van der Waals surface area contributed by atoms with Crippen molar-refractivity contribution in [2.75, 3.05) is 0 Å². The zero-order valence-electron chi connectivity index (χ0n) is 11.7. The Labute approximate surface area is 123 Å². The van der Waals surface area contributed by atoms with E-state index in [1.165, 1.54) is 5.56 Å². The van der Waals surface area contributed by atoms with Crippen LogP contribution in [0, 0.1) is 18.3 Å². The number of fused-ring (bicyclic) bond motifs is 1. The summed E-state index contributed by atoms with van der Waals surface area (Å²) in [6, 6.07) is 15.6. The summed E-state index contributed by atoms with van der Waals surface area (Å²) in [5.74, 6) is 0.